The molecule has 1 aromatic rings. The van der Waals surface area contributed by atoms with Gasteiger partial charge in [0.05, 0.1) is 0 Å². The van der Waals surface area contributed by atoms with Crippen LogP contribution in [0.1, 0.15) is 29.4 Å². The highest BCUT2D eigenvalue weighted by molar-refractivity contribution is 7.98. The lowest BCUT2D eigenvalue weighted by Gasteiger charge is -2.25. The molecule has 0 saturated carbocycles. The topological polar surface area (TPSA) is 70.5 Å². The van der Waals surface area contributed by atoms with Crippen molar-refractivity contribution in [1.29, 1.82) is 0 Å². The van der Waals surface area contributed by atoms with Gasteiger partial charge in [0.15, 0.2) is 0 Å². The number of carbonyl (C=O) groups excluding carboxylic acids is 1. The van der Waals surface area contributed by atoms with Gasteiger partial charge in [0.2, 0.25) is 0 Å². The number of aliphatic carboxylic acids is 1. The Morgan fingerprint density at radius 1 is 1.52 bits per heavy atom. The van der Waals surface area contributed by atoms with E-state index >= 15 is 0 Å². The van der Waals surface area contributed by atoms with Crippen molar-refractivity contribution < 1.29 is 14.7 Å². The van der Waals surface area contributed by atoms with E-state index in [4.69, 9.17) is 5.11 Å². The van der Waals surface area contributed by atoms with Crippen LogP contribution >= 0.6 is 11.8 Å². The summed E-state index contributed by atoms with van der Waals surface area (Å²) < 4.78 is 0. The molecule has 1 atom stereocenters. The van der Waals surface area contributed by atoms with Crippen LogP contribution in [-0.4, -0.2) is 52.0 Å². The molecule has 0 radical (unpaired) electrons. The van der Waals surface area contributed by atoms with E-state index in [0.717, 1.165) is 18.2 Å². The van der Waals surface area contributed by atoms with E-state index in [-0.39, 0.29) is 17.6 Å². The number of hydrogen-bond donors (Lipinski definition) is 1. The van der Waals surface area contributed by atoms with E-state index in [1.807, 2.05) is 13.2 Å². The van der Waals surface area contributed by atoms with Crippen LogP contribution in [0.15, 0.2) is 24.4 Å². The molecule has 0 bridgehead atoms. The highest BCUT2D eigenvalue weighted by Crippen LogP contribution is 2.14. The lowest BCUT2D eigenvalue weighted by molar-refractivity contribution is -0.131. The minimum Gasteiger partial charge on any atom is -0.478 e. The Morgan fingerprint density at radius 2 is 2.24 bits per heavy atom. The van der Waals surface area contributed by atoms with Crippen molar-refractivity contribution in [2.75, 3.05) is 19.1 Å². The maximum absolute atomic E-state index is 12.5. The van der Waals surface area contributed by atoms with Gasteiger partial charge in [-0.25, -0.2) is 4.79 Å². The molecule has 5 nitrogen and oxygen atoms in total. The molecule has 6 heteroatoms. The second-order valence-corrected chi connectivity index (χ2v) is 5.64. The SMILES string of the molecule is CSCCC(C)N(C)C(=O)c1ncccc1/C=C/C(=O)O. The van der Waals surface area contributed by atoms with Crippen LogP contribution in [0.25, 0.3) is 6.08 Å². The van der Waals surface area contributed by atoms with Gasteiger partial charge in [0.1, 0.15) is 5.69 Å². The summed E-state index contributed by atoms with van der Waals surface area (Å²) in [7, 11) is 1.74. The predicted molar refractivity (Wildman–Crippen MR) is 85.5 cm³/mol. The van der Waals surface area contributed by atoms with Crippen molar-refractivity contribution in [2.24, 2.45) is 0 Å². The van der Waals surface area contributed by atoms with Gasteiger partial charge < -0.3 is 10.0 Å². The zero-order valence-electron chi connectivity index (χ0n) is 12.4. The van der Waals surface area contributed by atoms with Crippen LogP contribution in [0.3, 0.4) is 0 Å². The summed E-state index contributed by atoms with van der Waals surface area (Å²) in [5.74, 6) is -0.277. The summed E-state index contributed by atoms with van der Waals surface area (Å²) in [5.41, 5.74) is 0.780. The number of hydrogen-bond acceptors (Lipinski definition) is 4. The zero-order valence-corrected chi connectivity index (χ0v) is 13.3. The molecule has 114 valence electrons. The van der Waals surface area contributed by atoms with Gasteiger partial charge in [-0.2, -0.15) is 11.8 Å². The first-order valence-electron chi connectivity index (χ1n) is 6.59. The molecule has 1 amide bonds. The molecular weight excluding hydrogens is 288 g/mol. The van der Waals surface area contributed by atoms with Crippen molar-refractivity contribution in [3.8, 4) is 0 Å². The van der Waals surface area contributed by atoms with Crippen LogP contribution in [0.2, 0.25) is 0 Å². The molecule has 0 aliphatic heterocycles. The fourth-order valence-electron chi connectivity index (χ4n) is 1.74. The molecule has 21 heavy (non-hydrogen) atoms. The quantitative estimate of drug-likeness (QED) is 0.783. The first-order chi connectivity index (χ1) is 9.97. The average Bonchev–Trinajstić information content (AvgIpc) is 2.49. The number of aromatic nitrogens is 1. The third kappa shape index (κ3) is 5.23. The first kappa shape index (κ1) is 17.2. The molecule has 0 fully saturated rings. The van der Waals surface area contributed by atoms with Crippen LogP contribution in [0.5, 0.6) is 0 Å². The number of thioether (sulfide) groups is 1. The van der Waals surface area contributed by atoms with Gasteiger partial charge in [-0.15, -0.1) is 0 Å². The van der Waals surface area contributed by atoms with E-state index < -0.39 is 5.97 Å². The van der Waals surface area contributed by atoms with Crippen molar-refractivity contribution in [1.82, 2.24) is 9.88 Å². The van der Waals surface area contributed by atoms with Gasteiger partial charge in [0.25, 0.3) is 5.91 Å². The Morgan fingerprint density at radius 3 is 2.86 bits per heavy atom. The molecule has 0 aromatic carbocycles. The van der Waals surface area contributed by atoms with Crippen molar-refractivity contribution >= 4 is 29.7 Å². The Labute approximate surface area is 129 Å². The smallest absolute Gasteiger partial charge is 0.328 e. The number of carbonyl (C=O) groups is 2. The molecule has 1 unspecified atom stereocenters. The van der Waals surface area contributed by atoms with Crippen molar-refractivity contribution in [3.63, 3.8) is 0 Å². The Hall–Kier alpha value is -1.82. The van der Waals surface area contributed by atoms with Crippen LogP contribution < -0.4 is 0 Å². The monoisotopic (exact) mass is 308 g/mol. The predicted octanol–water partition coefficient (Wildman–Crippen LogP) is 2.39. The third-order valence-electron chi connectivity index (χ3n) is 3.17. The van der Waals surface area contributed by atoms with Crippen molar-refractivity contribution in [3.05, 3.63) is 35.7 Å². The number of nitrogens with zero attached hydrogens (tertiary/aromatic N) is 2. The highest BCUT2D eigenvalue weighted by atomic mass is 32.2. The fraction of sp³-hybridized carbons (Fsp3) is 0.400. The summed E-state index contributed by atoms with van der Waals surface area (Å²) in [4.78, 5) is 28.8. The number of rotatable bonds is 7. The number of amides is 1. The van der Waals surface area contributed by atoms with Gasteiger partial charge in [-0.1, -0.05) is 6.07 Å². The Balaban J connectivity index is 2.94. The summed E-state index contributed by atoms with van der Waals surface area (Å²) in [6, 6.07) is 3.46. The summed E-state index contributed by atoms with van der Waals surface area (Å²) >= 11 is 1.74. The fourth-order valence-corrected chi connectivity index (χ4v) is 2.32. The maximum Gasteiger partial charge on any atom is 0.328 e. The number of pyridine rings is 1. The molecule has 0 saturated heterocycles. The van der Waals surface area contributed by atoms with E-state index in [1.165, 1.54) is 12.3 Å². The summed E-state index contributed by atoms with van der Waals surface area (Å²) in [6.45, 7) is 1.99. The number of carboxylic acids is 1. The van der Waals surface area contributed by atoms with Gasteiger partial charge in [-0.3, -0.25) is 9.78 Å². The molecule has 0 aliphatic carbocycles. The lowest BCUT2D eigenvalue weighted by atomic mass is 10.1. The van der Waals surface area contributed by atoms with E-state index in [9.17, 15) is 9.59 Å². The molecule has 0 aliphatic rings. The second kappa shape index (κ2) is 8.46. The van der Waals surface area contributed by atoms with E-state index in [0.29, 0.717) is 5.56 Å². The minimum atomic E-state index is -1.06. The first-order valence-corrected chi connectivity index (χ1v) is 7.99. The Kier molecular flexibility index (Phi) is 6.94. The normalized spacial score (nSPS) is 12.3. The highest BCUT2D eigenvalue weighted by Gasteiger charge is 2.20. The van der Waals surface area contributed by atoms with Gasteiger partial charge in [0, 0.05) is 30.9 Å². The van der Waals surface area contributed by atoms with E-state index in [1.54, 1.807) is 35.8 Å². The lowest BCUT2D eigenvalue weighted by Crippen LogP contribution is -2.36. The molecule has 1 N–H and O–H groups in total. The third-order valence-corrected chi connectivity index (χ3v) is 3.81. The number of carboxylic acid groups (broad SMARTS) is 1. The van der Waals surface area contributed by atoms with Crippen LogP contribution in [0.4, 0.5) is 0 Å². The van der Waals surface area contributed by atoms with Crippen LogP contribution in [-0.2, 0) is 4.79 Å². The minimum absolute atomic E-state index is 0.100. The molecule has 1 heterocycles. The summed E-state index contributed by atoms with van der Waals surface area (Å²) in [5, 5.41) is 8.69. The van der Waals surface area contributed by atoms with E-state index in [2.05, 4.69) is 4.98 Å². The largest absolute Gasteiger partial charge is 0.478 e. The van der Waals surface area contributed by atoms with Crippen LogP contribution in [0, 0.1) is 0 Å². The molecule has 1 aromatic heterocycles. The zero-order chi connectivity index (χ0) is 15.8. The standard InChI is InChI=1S/C15H20N2O3S/c1-11(8-10-21-3)17(2)15(20)14-12(5-4-9-16-14)6-7-13(18)19/h4-7,9,11H,8,10H2,1-3H3,(H,18,19)/b7-6+. The average molecular weight is 308 g/mol. The Bertz CT molecular complexity index is 531. The summed E-state index contributed by atoms with van der Waals surface area (Å²) in [6.07, 6.45) is 6.86. The molecule has 1 rings (SSSR count). The molecule has 0 spiro atoms. The van der Waals surface area contributed by atoms with Crippen molar-refractivity contribution in [2.45, 2.75) is 19.4 Å². The molecular formula is C15H20N2O3S. The van der Waals surface area contributed by atoms with Gasteiger partial charge >= 0.3 is 5.97 Å². The second-order valence-electron chi connectivity index (χ2n) is 4.66. The van der Waals surface area contributed by atoms with Gasteiger partial charge in [-0.05, 0) is 37.5 Å². The maximum atomic E-state index is 12.5.